The van der Waals surface area contributed by atoms with E-state index >= 15 is 0 Å². The van der Waals surface area contributed by atoms with Crippen molar-refractivity contribution in [1.82, 2.24) is 15.0 Å². The van der Waals surface area contributed by atoms with Gasteiger partial charge in [-0.1, -0.05) is 114 Å². The topological polar surface area (TPSA) is 59.5 Å². The van der Waals surface area contributed by atoms with Gasteiger partial charge in [-0.3, -0.25) is 9.97 Å². The van der Waals surface area contributed by atoms with Crippen LogP contribution >= 0.6 is 0 Å². The summed E-state index contributed by atoms with van der Waals surface area (Å²) < 4.78 is 6.40. The molecule has 7 heteroatoms. The molecule has 0 amide bonds. The van der Waals surface area contributed by atoms with E-state index in [2.05, 4.69) is 118 Å². The van der Waals surface area contributed by atoms with Crippen molar-refractivity contribution >= 4 is 55.1 Å². The fraction of sp³-hybridized carbons (Fsp3) is 0. The van der Waals surface area contributed by atoms with Crippen LogP contribution in [-0.2, 0) is 20.1 Å². The van der Waals surface area contributed by atoms with Crippen molar-refractivity contribution in [2.24, 2.45) is 0 Å². The molecule has 0 unspecified atom stereocenters. The van der Waals surface area contributed by atoms with Crippen LogP contribution in [0.25, 0.3) is 77.4 Å². The number of pyridine rings is 2. The molecule has 11 rings (SSSR count). The number of hydrogen-bond acceptors (Lipinski definition) is 5. The minimum Gasteiger partial charge on any atom is -0.655 e. The van der Waals surface area contributed by atoms with Gasteiger partial charge in [0.25, 0.3) is 0 Å². The minimum absolute atomic E-state index is 0. The second-order valence-corrected chi connectivity index (χ2v) is 13.2. The molecule has 1 radical (unpaired) electrons. The predicted molar refractivity (Wildman–Crippen MR) is 223 cm³/mol. The first-order valence-electron chi connectivity index (χ1n) is 18.1. The van der Waals surface area contributed by atoms with E-state index in [4.69, 9.17) is 9.40 Å². The van der Waals surface area contributed by atoms with Crippen LogP contribution < -0.4 is 14.8 Å². The molecule has 6 aromatic carbocycles. The van der Waals surface area contributed by atoms with Gasteiger partial charge in [-0.05, 0) is 69.6 Å². The van der Waals surface area contributed by atoms with Gasteiger partial charge < -0.3 is 19.2 Å². The van der Waals surface area contributed by atoms with Crippen LogP contribution in [0.3, 0.4) is 0 Å². The zero-order valence-electron chi connectivity index (χ0n) is 29.9. The number of benzene rings is 6. The molecular weight excluding hydrogens is 867 g/mol. The predicted octanol–water partition coefficient (Wildman–Crippen LogP) is 11.8. The smallest absolute Gasteiger partial charge is 0.124 e. The SMILES string of the molecule is [Ir].[c-]1c(-c2ccccn2)cc2c(oc3cc(-c4ccccc4)ccc32)c1-c1ccccn1.[c-]1ccccc1N1C=CN(c2cccc3c2[n-]c2ccccc23)[CH-]1. The summed E-state index contributed by atoms with van der Waals surface area (Å²) in [7, 11) is 0. The number of anilines is 2. The van der Waals surface area contributed by atoms with E-state index in [1.165, 1.54) is 10.8 Å². The number of hydrogen-bond donors (Lipinski definition) is 0. The van der Waals surface area contributed by atoms with Crippen LogP contribution in [-0.4, -0.2) is 9.97 Å². The fourth-order valence-electron chi connectivity index (χ4n) is 7.16. The number of aromatic nitrogens is 3. The molecule has 0 bridgehead atoms. The summed E-state index contributed by atoms with van der Waals surface area (Å²) in [5.41, 5.74) is 11.6. The zero-order chi connectivity index (χ0) is 36.6. The molecule has 0 saturated carbocycles. The van der Waals surface area contributed by atoms with Crippen molar-refractivity contribution in [1.29, 1.82) is 0 Å². The third-order valence-corrected chi connectivity index (χ3v) is 9.80. The van der Waals surface area contributed by atoms with Gasteiger partial charge in [0.15, 0.2) is 0 Å². The van der Waals surface area contributed by atoms with E-state index in [0.717, 1.165) is 78.0 Å². The quantitative estimate of drug-likeness (QED) is 0.160. The van der Waals surface area contributed by atoms with E-state index in [9.17, 15) is 0 Å². The molecule has 10 aromatic rings. The van der Waals surface area contributed by atoms with Gasteiger partial charge in [0.1, 0.15) is 5.58 Å². The standard InChI is InChI=1S/C28H17N2O.C21H14N3.Ir/c1-2-8-19(9-3-1)20-12-13-22-23-16-21(25-10-4-6-14-29-25)17-24(26-11-5-7-15-30-26)28(23)31-27(22)18-20;1-2-7-16(8-3-1)23-13-14-24(15-23)20-12-6-10-18-17-9-4-5-11-19(17)22-21(18)20;/h1-16,18H;1-7,9-15H;/q-1;-3;. The molecule has 56 heavy (non-hydrogen) atoms. The molecule has 0 N–H and O–H groups in total. The normalized spacial score (nSPS) is 12.3. The van der Waals surface area contributed by atoms with Crippen LogP contribution in [0.15, 0.2) is 187 Å². The molecule has 0 saturated heterocycles. The summed E-state index contributed by atoms with van der Waals surface area (Å²) in [5.74, 6) is 0. The Labute approximate surface area is 337 Å². The van der Waals surface area contributed by atoms with Crippen LogP contribution in [0, 0.1) is 18.8 Å². The Hall–Kier alpha value is -6.79. The first-order chi connectivity index (χ1) is 27.3. The van der Waals surface area contributed by atoms with Crippen molar-refractivity contribution in [2.75, 3.05) is 9.80 Å². The summed E-state index contributed by atoms with van der Waals surface area (Å²) in [4.78, 5) is 18.1. The average molecular weight is 898 g/mol. The van der Waals surface area contributed by atoms with Crippen molar-refractivity contribution in [3.05, 3.63) is 201 Å². The second-order valence-electron chi connectivity index (χ2n) is 13.2. The summed E-state index contributed by atoms with van der Waals surface area (Å²) in [6.45, 7) is 2.06. The van der Waals surface area contributed by atoms with Gasteiger partial charge in [0, 0.05) is 49.3 Å². The number of nitrogens with zero attached hydrogens (tertiary/aromatic N) is 5. The minimum atomic E-state index is 0. The Balaban J connectivity index is 0.000000148. The Morgan fingerprint density at radius 2 is 1.34 bits per heavy atom. The van der Waals surface area contributed by atoms with E-state index in [1.54, 1.807) is 12.4 Å². The Morgan fingerprint density at radius 1 is 0.589 bits per heavy atom. The number of rotatable bonds is 5. The van der Waals surface area contributed by atoms with Crippen molar-refractivity contribution in [2.45, 2.75) is 0 Å². The van der Waals surface area contributed by atoms with E-state index in [-0.39, 0.29) is 20.1 Å². The third kappa shape index (κ3) is 6.53. The van der Waals surface area contributed by atoms with Crippen molar-refractivity contribution in [3.8, 4) is 33.6 Å². The molecule has 6 nitrogen and oxygen atoms in total. The largest absolute Gasteiger partial charge is 0.655 e. The molecule has 1 aliphatic heterocycles. The first-order valence-corrected chi connectivity index (χ1v) is 18.1. The van der Waals surface area contributed by atoms with Gasteiger partial charge in [-0.15, -0.1) is 35.5 Å². The molecule has 5 heterocycles. The molecule has 0 atom stereocenters. The average Bonchev–Trinajstić information content (AvgIpc) is 4.01. The van der Waals surface area contributed by atoms with Gasteiger partial charge in [0.2, 0.25) is 0 Å². The number of furan rings is 1. The molecular formula is C49H31IrN5O-4. The molecule has 1 aliphatic rings. The van der Waals surface area contributed by atoms with E-state index < -0.39 is 0 Å². The summed E-state index contributed by atoms with van der Waals surface area (Å²) in [5, 5.41) is 4.49. The molecule has 0 fully saturated rings. The van der Waals surface area contributed by atoms with Crippen molar-refractivity contribution in [3.63, 3.8) is 0 Å². The maximum atomic E-state index is 6.40. The zero-order valence-corrected chi connectivity index (χ0v) is 32.3. The monoisotopic (exact) mass is 898 g/mol. The Kier molecular flexibility index (Phi) is 9.45. The molecule has 4 aromatic heterocycles. The maximum Gasteiger partial charge on any atom is 0.124 e. The van der Waals surface area contributed by atoms with Gasteiger partial charge in [0.05, 0.1) is 5.58 Å². The molecule has 271 valence electrons. The van der Waals surface area contributed by atoms with Gasteiger partial charge in [-0.2, -0.15) is 30.3 Å². The van der Waals surface area contributed by atoms with Gasteiger partial charge >= 0.3 is 0 Å². The van der Waals surface area contributed by atoms with Crippen LogP contribution in [0.4, 0.5) is 11.4 Å². The Bertz CT molecular complexity index is 2960. The molecule has 0 aliphatic carbocycles. The van der Waals surface area contributed by atoms with Crippen molar-refractivity contribution < 1.29 is 24.5 Å². The van der Waals surface area contributed by atoms with E-state index in [1.807, 2.05) is 91.1 Å². The second kappa shape index (κ2) is 15.2. The number of fused-ring (bicyclic) bond motifs is 6. The van der Waals surface area contributed by atoms with Crippen LogP contribution in [0.2, 0.25) is 0 Å². The summed E-state index contributed by atoms with van der Waals surface area (Å²) in [6, 6.07) is 59.9. The third-order valence-electron chi connectivity index (χ3n) is 9.80. The van der Waals surface area contributed by atoms with Crippen LogP contribution in [0.1, 0.15) is 0 Å². The summed E-state index contributed by atoms with van der Waals surface area (Å²) in [6.07, 6.45) is 7.67. The van der Waals surface area contributed by atoms with Crippen LogP contribution in [0.5, 0.6) is 0 Å². The molecule has 0 spiro atoms. The number of para-hydroxylation sites is 3. The maximum absolute atomic E-state index is 6.40. The first kappa shape index (κ1) is 34.9. The van der Waals surface area contributed by atoms with E-state index in [0.29, 0.717) is 0 Å². The Morgan fingerprint density at radius 3 is 2.14 bits per heavy atom. The van der Waals surface area contributed by atoms with Gasteiger partial charge in [-0.25, -0.2) is 0 Å². The fourth-order valence-corrected chi connectivity index (χ4v) is 7.16. The summed E-state index contributed by atoms with van der Waals surface area (Å²) >= 11 is 0.